The van der Waals surface area contributed by atoms with Crippen LogP contribution in [0.5, 0.6) is 0 Å². The van der Waals surface area contributed by atoms with E-state index in [1.165, 1.54) is 6.33 Å². The zero-order valence-electron chi connectivity index (χ0n) is 14.4. The van der Waals surface area contributed by atoms with Crippen LogP contribution in [0.2, 0.25) is 0 Å². The summed E-state index contributed by atoms with van der Waals surface area (Å²) < 4.78 is 1.72. The van der Waals surface area contributed by atoms with Gasteiger partial charge in [-0.2, -0.15) is 10.1 Å². The highest BCUT2D eigenvalue weighted by Gasteiger charge is 2.38. The second-order valence-corrected chi connectivity index (χ2v) is 6.82. The van der Waals surface area contributed by atoms with Crippen molar-refractivity contribution in [1.82, 2.24) is 19.7 Å². The zero-order chi connectivity index (χ0) is 17.6. The summed E-state index contributed by atoms with van der Waals surface area (Å²) in [4.78, 5) is 32.3. The Kier molecular flexibility index (Phi) is 4.06. The van der Waals surface area contributed by atoms with Crippen molar-refractivity contribution < 1.29 is 14.7 Å². The number of carboxylic acid groups (broad SMARTS) is 1. The number of amides is 1. The Morgan fingerprint density at radius 3 is 2.67 bits per heavy atom. The van der Waals surface area contributed by atoms with Crippen LogP contribution in [0.4, 0.5) is 5.95 Å². The minimum absolute atomic E-state index is 0.106. The van der Waals surface area contributed by atoms with Gasteiger partial charge in [0, 0.05) is 25.8 Å². The van der Waals surface area contributed by atoms with Gasteiger partial charge in [-0.15, -0.1) is 0 Å². The van der Waals surface area contributed by atoms with Crippen molar-refractivity contribution in [3.8, 4) is 0 Å². The van der Waals surface area contributed by atoms with E-state index in [9.17, 15) is 14.7 Å². The average Bonchev–Trinajstić information content (AvgIpc) is 3.02. The third-order valence-electron chi connectivity index (χ3n) is 5.06. The van der Waals surface area contributed by atoms with Crippen molar-refractivity contribution >= 4 is 17.8 Å². The van der Waals surface area contributed by atoms with Gasteiger partial charge in [-0.05, 0) is 26.2 Å². The monoisotopic (exact) mass is 333 g/mol. The van der Waals surface area contributed by atoms with Crippen LogP contribution < -0.4 is 4.90 Å². The molecule has 3 heterocycles. The van der Waals surface area contributed by atoms with Crippen LogP contribution in [0.3, 0.4) is 0 Å². The van der Waals surface area contributed by atoms with Crippen molar-refractivity contribution in [2.24, 2.45) is 11.8 Å². The zero-order valence-corrected chi connectivity index (χ0v) is 14.4. The molecule has 0 aliphatic carbocycles. The molecule has 1 aromatic heterocycles. The number of fused-ring (bicyclic) bond motifs is 1. The number of hydrogen-bond donors (Lipinski definition) is 1. The number of nitrogens with zero attached hydrogens (tertiary/aromatic N) is 5. The quantitative estimate of drug-likeness (QED) is 0.872. The molecule has 0 bridgehead atoms. The van der Waals surface area contributed by atoms with Gasteiger partial charge < -0.3 is 14.9 Å². The molecule has 24 heavy (non-hydrogen) atoms. The number of likely N-dealkylation sites (tertiary alicyclic amines) is 1. The number of hydrogen-bond acceptors (Lipinski definition) is 5. The molecule has 2 aliphatic rings. The van der Waals surface area contributed by atoms with Gasteiger partial charge in [0.15, 0.2) is 0 Å². The maximum absolute atomic E-state index is 13.2. The fourth-order valence-corrected chi connectivity index (χ4v) is 3.71. The first-order valence-electron chi connectivity index (χ1n) is 8.17. The molecule has 2 aliphatic heterocycles. The summed E-state index contributed by atoms with van der Waals surface area (Å²) >= 11 is 0. The molecule has 3 rings (SSSR count). The topological polar surface area (TPSA) is 91.6 Å². The molecule has 8 nitrogen and oxygen atoms in total. The van der Waals surface area contributed by atoms with Crippen LogP contribution in [0, 0.1) is 11.8 Å². The van der Waals surface area contributed by atoms with Crippen molar-refractivity contribution in [2.45, 2.75) is 33.2 Å². The number of aromatic nitrogens is 3. The van der Waals surface area contributed by atoms with E-state index in [0.29, 0.717) is 24.5 Å². The van der Waals surface area contributed by atoms with E-state index in [2.05, 4.69) is 10.1 Å². The normalized spacial score (nSPS) is 27.2. The molecule has 0 radical (unpaired) electrons. The van der Waals surface area contributed by atoms with E-state index in [-0.39, 0.29) is 24.4 Å². The second kappa shape index (κ2) is 5.92. The van der Waals surface area contributed by atoms with Crippen LogP contribution in [-0.2, 0) is 9.59 Å². The highest BCUT2D eigenvalue weighted by molar-refractivity contribution is 5.96. The molecule has 1 N–H and O–H groups in total. The van der Waals surface area contributed by atoms with Gasteiger partial charge in [0.2, 0.25) is 5.95 Å². The molecule has 0 spiro atoms. The minimum Gasteiger partial charge on any atom is -0.481 e. The van der Waals surface area contributed by atoms with E-state index in [4.69, 9.17) is 0 Å². The molecule has 3 unspecified atom stereocenters. The number of carbonyl (C=O) groups excluding carboxylic acids is 1. The van der Waals surface area contributed by atoms with E-state index >= 15 is 0 Å². The molecule has 1 aromatic rings. The van der Waals surface area contributed by atoms with Gasteiger partial charge >= 0.3 is 5.97 Å². The maximum atomic E-state index is 13.2. The summed E-state index contributed by atoms with van der Waals surface area (Å²) in [5, 5.41) is 13.6. The molecule has 130 valence electrons. The van der Waals surface area contributed by atoms with Crippen LogP contribution in [0.25, 0.3) is 0 Å². The van der Waals surface area contributed by atoms with Crippen molar-refractivity contribution in [2.75, 3.05) is 25.0 Å². The van der Waals surface area contributed by atoms with E-state index in [1.54, 1.807) is 9.58 Å². The van der Waals surface area contributed by atoms with Crippen LogP contribution >= 0.6 is 0 Å². The number of piperidine rings is 1. The molecule has 1 amide bonds. The van der Waals surface area contributed by atoms with Crippen LogP contribution in [0.1, 0.15) is 33.2 Å². The number of rotatable bonds is 2. The fraction of sp³-hybridized carbons (Fsp3) is 0.625. The third-order valence-corrected chi connectivity index (χ3v) is 5.06. The summed E-state index contributed by atoms with van der Waals surface area (Å²) in [6.07, 6.45) is 2.09. The Balaban J connectivity index is 1.91. The number of anilines is 1. The highest BCUT2D eigenvalue weighted by Crippen LogP contribution is 2.34. The molecule has 3 atom stereocenters. The molecule has 1 fully saturated rings. The molecule has 0 saturated carbocycles. The first-order valence-corrected chi connectivity index (χ1v) is 8.17. The summed E-state index contributed by atoms with van der Waals surface area (Å²) in [7, 11) is 1.86. The highest BCUT2D eigenvalue weighted by atomic mass is 16.4. The lowest BCUT2D eigenvalue weighted by Gasteiger charge is -2.38. The summed E-state index contributed by atoms with van der Waals surface area (Å²) in [5.74, 6) is -0.573. The lowest BCUT2D eigenvalue weighted by atomic mass is 9.89. The van der Waals surface area contributed by atoms with Gasteiger partial charge in [-0.25, -0.2) is 4.68 Å². The first kappa shape index (κ1) is 16.5. The molecular formula is C16H23N5O3. The SMILES string of the molecule is CC1=C(C(=O)N2CC(C)CC(C(=O)O)C2)C(C)n2ncnc2N1C. The lowest BCUT2D eigenvalue weighted by molar-refractivity contribution is -0.146. The fourth-order valence-electron chi connectivity index (χ4n) is 3.71. The van der Waals surface area contributed by atoms with Gasteiger partial charge in [-0.3, -0.25) is 9.59 Å². The number of aliphatic carboxylic acids is 1. The lowest BCUT2D eigenvalue weighted by Crippen LogP contribution is -2.48. The Morgan fingerprint density at radius 1 is 1.29 bits per heavy atom. The van der Waals surface area contributed by atoms with Gasteiger partial charge in [-0.1, -0.05) is 6.92 Å². The van der Waals surface area contributed by atoms with Gasteiger partial charge in [0.25, 0.3) is 5.91 Å². The molecule has 0 aromatic carbocycles. The van der Waals surface area contributed by atoms with Gasteiger partial charge in [0.05, 0.1) is 17.5 Å². The number of allylic oxidation sites excluding steroid dienone is 1. The summed E-state index contributed by atoms with van der Waals surface area (Å²) in [6.45, 7) is 6.65. The van der Waals surface area contributed by atoms with E-state index < -0.39 is 11.9 Å². The Labute approximate surface area is 140 Å². The van der Waals surface area contributed by atoms with Crippen LogP contribution in [-0.4, -0.2) is 56.8 Å². The van der Waals surface area contributed by atoms with E-state index in [0.717, 1.165) is 5.70 Å². The predicted molar refractivity (Wildman–Crippen MR) is 87.3 cm³/mol. The number of carboxylic acids is 1. The minimum atomic E-state index is -0.836. The smallest absolute Gasteiger partial charge is 0.308 e. The Bertz CT molecular complexity index is 710. The van der Waals surface area contributed by atoms with Crippen molar-refractivity contribution in [1.29, 1.82) is 0 Å². The molecule has 8 heteroatoms. The number of carbonyl (C=O) groups is 2. The predicted octanol–water partition coefficient (Wildman–Crippen LogP) is 1.13. The third kappa shape index (κ3) is 2.55. The van der Waals surface area contributed by atoms with Gasteiger partial charge in [0.1, 0.15) is 6.33 Å². The maximum Gasteiger partial charge on any atom is 0.308 e. The molecular weight excluding hydrogens is 310 g/mol. The molecule has 1 saturated heterocycles. The first-order chi connectivity index (χ1) is 11.3. The second-order valence-electron chi connectivity index (χ2n) is 6.82. The Morgan fingerprint density at radius 2 is 2.00 bits per heavy atom. The van der Waals surface area contributed by atoms with E-state index in [1.807, 2.05) is 32.7 Å². The summed E-state index contributed by atoms with van der Waals surface area (Å²) in [5.41, 5.74) is 1.48. The largest absolute Gasteiger partial charge is 0.481 e. The van der Waals surface area contributed by atoms with Crippen molar-refractivity contribution in [3.05, 3.63) is 17.6 Å². The Hall–Kier alpha value is -2.38. The average molecular weight is 333 g/mol. The standard InChI is InChI=1S/C16H23N5O3/c1-9-5-12(15(23)24)7-20(6-9)14(22)13-10(2)19(4)16-17-8-18-21(16)11(13)3/h8-9,11-12H,5-7H2,1-4H3,(H,23,24). The van der Waals surface area contributed by atoms with Crippen LogP contribution in [0.15, 0.2) is 17.6 Å². The summed E-state index contributed by atoms with van der Waals surface area (Å²) in [6, 6.07) is -0.230. The van der Waals surface area contributed by atoms with Crippen molar-refractivity contribution in [3.63, 3.8) is 0 Å².